The first kappa shape index (κ1) is 11.8. The van der Waals surface area contributed by atoms with Crippen LogP contribution in [0.2, 0.25) is 0 Å². The maximum absolute atomic E-state index is 13.4. The highest BCUT2D eigenvalue weighted by Gasteiger charge is 2.20. The average molecular weight is 218 g/mol. The molecule has 0 aliphatic heterocycles. The predicted octanol–water partition coefficient (Wildman–Crippen LogP) is 4.39. The first-order chi connectivity index (χ1) is 6.66. The van der Waals surface area contributed by atoms with Crippen molar-refractivity contribution in [2.24, 2.45) is 0 Å². The van der Waals surface area contributed by atoms with E-state index in [1.807, 2.05) is 6.92 Å². The molecule has 0 N–H and O–H groups in total. The Hall–Kier alpha value is -0.310. The molecule has 1 atom stereocenters. The third kappa shape index (κ3) is 2.84. The van der Waals surface area contributed by atoms with Crippen LogP contribution in [0.3, 0.4) is 0 Å². The van der Waals surface area contributed by atoms with Crippen molar-refractivity contribution in [1.29, 1.82) is 0 Å². The summed E-state index contributed by atoms with van der Waals surface area (Å²) in [5.74, 6) is 0.626. The maximum Gasteiger partial charge on any atom is 0.132 e. The highest BCUT2D eigenvalue weighted by molar-refractivity contribution is 8.03. The van der Waals surface area contributed by atoms with E-state index in [0.29, 0.717) is 23.3 Å². The molecule has 0 aromatic rings. The average Bonchev–Trinajstić information content (AvgIpc) is 2.15. The molecule has 0 nitrogen and oxygen atoms in total. The minimum atomic E-state index is -1.02. The van der Waals surface area contributed by atoms with Crippen LogP contribution in [0.15, 0.2) is 22.4 Å². The van der Waals surface area contributed by atoms with Gasteiger partial charge in [-0.05, 0) is 43.6 Å². The Morgan fingerprint density at radius 2 is 2.29 bits per heavy atom. The molecule has 0 amide bonds. The maximum atomic E-state index is 13.4. The van der Waals surface area contributed by atoms with Crippen molar-refractivity contribution >= 4 is 11.8 Å². The standard InChI is InChI=1S/C11H16F2S/c1-3-7-14-11-9(8(2)12)5-4-6-10(11)13/h6,8H,3-5,7H2,1-2H3. The van der Waals surface area contributed by atoms with Crippen LogP contribution in [0.5, 0.6) is 0 Å². The third-order valence-electron chi connectivity index (χ3n) is 2.18. The van der Waals surface area contributed by atoms with Gasteiger partial charge in [-0.3, -0.25) is 0 Å². The summed E-state index contributed by atoms with van der Waals surface area (Å²) in [5.41, 5.74) is 0.642. The molecule has 1 aliphatic carbocycles. The summed E-state index contributed by atoms with van der Waals surface area (Å²) < 4.78 is 26.6. The zero-order chi connectivity index (χ0) is 10.6. The molecular formula is C11H16F2S. The number of alkyl halides is 1. The Labute approximate surface area is 88.5 Å². The lowest BCUT2D eigenvalue weighted by molar-refractivity contribution is 0.398. The molecule has 1 unspecified atom stereocenters. The van der Waals surface area contributed by atoms with Crippen molar-refractivity contribution in [3.8, 4) is 0 Å². The van der Waals surface area contributed by atoms with Gasteiger partial charge in [-0.25, -0.2) is 8.78 Å². The molecule has 1 rings (SSSR count). The summed E-state index contributed by atoms with van der Waals surface area (Å²) in [7, 11) is 0. The largest absolute Gasteiger partial charge is 0.243 e. The summed E-state index contributed by atoms with van der Waals surface area (Å²) in [6, 6.07) is 0. The highest BCUT2D eigenvalue weighted by Crippen LogP contribution is 2.36. The number of hydrogen-bond acceptors (Lipinski definition) is 1. The molecule has 3 heteroatoms. The first-order valence-corrected chi connectivity index (χ1v) is 6.01. The van der Waals surface area contributed by atoms with Gasteiger partial charge in [-0.15, -0.1) is 11.8 Å². The van der Waals surface area contributed by atoms with E-state index in [2.05, 4.69) is 0 Å². The van der Waals surface area contributed by atoms with E-state index in [1.165, 1.54) is 18.7 Å². The summed E-state index contributed by atoms with van der Waals surface area (Å²) in [6.07, 6.45) is 2.82. The Morgan fingerprint density at radius 3 is 2.86 bits per heavy atom. The van der Waals surface area contributed by atoms with Crippen LogP contribution in [-0.2, 0) is 0 Å². The predicted molar refractivity (Wildman–Crippen MR) is 58.8 cm³/mol. The molecular weight excluding hydrogens is 202 g/mol. The van der Waals surface area contributed by atoms with Gasteiger partial charge in [-0.1, -0.05) is 6.92 Å². The molecule has 1 aliphatic rings. The van der Waals surface area contributed by atoms with Crippen LogP contribution in [-0.4, -0.2) is 11.9 Å². The molecule has 0 aromatic heterocycles. The van der Waals surface area contributed by atoms with Gasteiger partial charge < -0.3 is 0 Å². The number of halogens is 2. The van der Waals surface area contributed by atoms with Crippen molar-refractivity contribution in [2.75, 3.05) is 5.75 Å². The lowest BCUT2D eigenvalue weighted by atomic mass is 10.0. The third-order valence-corrected chi connectivity index (χ3v) is 3.53. The molecule has 0 bridgehead atoms. The van der Waals surface area contributed by atoms with E-state index >= 15 is 0 Å². The number of thioether (sulfide) groups is 1. The normalized spacial score (nSPS) is 19.6. The monoisotopic (exact) mass is 218 g/mol. The SMILES string of the molecule is CCCSC1=C(C(C)F)CCC=C1F. The molecule has 0 saturated heterocycles. The summed E-state index contributed by atoms with van der Waals surface area (Å²) in [4.78, 5) is 0.549. The van der Waals surface area contributed by atoms with Gasteiger partial charge in [0.2, 0.25) is 0 Å². The highest BCUT2D eigenvalue weighted by atomic mass is 32.2. The Balaban J connectivity index is 2.82. The molecule has 0 aromatic carbocycles. The van der Waals surface area contributed by atoms with Crippen LogP contribution >= 0.6 is 11.8 Å². The minimum absolute atomic E-state index is 0.228. The van der Waals surface area contributed by atoms with Crippen LogP contribution in [0.4, 0.5) is 8.78 Å². The Morgan fingerprint density at radius 1 is 1.57 bits per heavy atom. The van der Waals surface area contributed by atoms with Crippen molar-refractivity contribution in [2.45, 2.75) is 39.3 Å². The van der Waals surface area contributed by atoms with Gasteiger partial charge in [0.25, 0.3) is 0 Å². The lowest BCUT2D eigenvalue weighted by Gasteiger charge is -2.18. The molecule has 80 valence electrons. The van der Waals surface area contributed by atoms with Gasteiger partial charge in [0.1, 0.15) is 12.0 Å². The number of rotatable bonds is 4. The van der Waals surface area contributed by atoms with E-state index in [9.17, 15) is 8.78 Å². The van der Waals surface area contributed by atoms with Crippen molar-refractivity contribution in [3.05, 3.63) is 22.4 Å². The number of allylic oxidation sites excluding steroid dienone is 3. The topological polar surface area (TPSA) is 0 Å². The van der Waals surface area contributed by atoms with Crippen LogP contribution in [0, 0.1) is 0 Å². The summed E-state index contributed by atoms with van der Waals surface area (Å²) >= 11 is 1.44. The second-order valence-corrected chi connectivity index (χ2v) is 4.51. The molecule has 0 saturated carbocycles. The van der Waals surface area contributed by atoms with Gasteiger partial charge in [0.05, 0.1) is 0 Å². The van der Waals surface area contributed by atoms with E-state index in [1.54, 1.807) is 6.08 Å². The minimum Gasteiger partial charge on any atom is -0.243 e. The van der Waals surface area contributed by atoms with Gasteiger partial charge in [-0.2, -0.15) is 0 Å². The van der Waals surface area contributed by atoms with Gasteiger partial charge in [0.15, 0.2) is 0 Å². The fourth-order valence-corrected chi connectivity index (χ4v) is 2.54. The van der Waals surface area contributed by atoms with Crippen molar-refractivity contribution in [3.63, 3.8) is 0 Å². The number of hydrogen-bond donors (Lipinski definition) is 0. The molecule has 0 radical (unpaired) electrons. The van der Waals surface area contributed by atoms with Crippen LogP contribution in [0.1, 0.15) is 33.1 Å². The summed E-state index contributed by atoms with van der Waals surface area (Å²) in [5, 5.41) is 0. The van der Waals surface area contributed by atoms with Crippen molar-refractivity contribution in [1.82, 2.24) is 0 Å². The summed E-state index contributed by atoms with van der Waals surface area (Å²) in [6.45, 7) is 3.52. The van der Waals surface area contributed by atoms with E-state index in [4.69, 9.17) is 0 Å². The zero-order valence-electron chi connectivity index (χ0n) is 8.65. The fraction of sp³-hybridized carbons (Fsp3) is 0.636. The molecule has 14 heavy (non-hydrogen) atoms. The van der Waals surface area contributed by atoms with Crippen molar-refractivity contribution < 1.29 is 8.78 Å². The molecule has 0 heterocycles. The van der Waals surface area contributed by atoms with E-state index in [-0.39, 0.29) is 5.83 Å². The molecule has 0 spiro atoms. The smallest absolute Gasteiger partial charge is 0.132 e. The van der Waals surface area contributed by atoms with E-state index in [0.717, 1.165) is 12.2 Å². The second kappa shape index (κ2) is 5.54. The zero-order valence-corrected chi connectivity index (χ0v) is 9.46. The van der Waals surface area contributed by atoms with Crippen LogP contribution < -0.4 is 0 Å². The fourth-order valence-electron chi connectivity index (χ4n) is 1.46. The lowest BCUT2D eigenvalue weighted by Crippen LogP contribution is -2.06. The molecule has 0 fully saturated rings. The van der Waals surface area contributed by atoms with Gasteiger partial charge in [0, 0.05) is 4.91 Å². The Kier molecular flexibility index (Phi) is 4.66. The van der Waals surface area contributed by atoms with Gasteiger partial charge >= 0.3 is 0 Å². The second-order valence-electron chi connectivity index (χ2n) is 3.41. The first-order valence-electron chi connectivity index (χ1n) is 5.02. The quantitative estimate of drug-likeness (QED) is 0.674. The van der Waals surface area contributed by atoms with E-state index < -0.39 is 6.17 Å². The van der Waals surface area contributed by atoms with Crippen LogP contribution in [0.25, 0.3) is 0 Å². The Bertz CT molecular complexity index is 254.